The number of hydrogen-bond acceptors (Lipinski definition) is 6. The van der Waals surface area contributed by atoms with Gasteiger partial charge in [0, 0.05) is 17.7 Å². The number of ketones is 1. The molecular formula is C13H7NO5. The van der Waals surface area contributed by atoms with Gasteiger partial charge in [-0.3, -0.25) is 4.79 Å². The van der Waals surface area contributed by atoms with E-state index in [-0.39, 0.29) is 5.90 Å². The van der Waals surface area contributed by atoms with E-state index in [0.717, 1.165) is 12.2 Å². The van der Waals surface area contributed by atoms with Crippen molar-refractivity contribution in [3.63, 3.8) is 0 Å². The molecule has 0 aliphatic carbocycles. The first kappa shape index (κ1) is 11.3. The van der Waals surface area contributed by atoms with Crippen LogP contribution in [0.1, 0.15) is 10.4 Å². The van der Waals surface area contributed by atoms with Crippen LogP contribution in [0, 0.1) is 0 Å². The van der Waals surface area contributed by atoms with Crippen molar-refractivity contribution in [2.24, 2.45) is 4.99 Å². The Hall–Kier alpha value is -2.76. The molecule has 19 heavy (non-hydrogen) atoms. The van der Waals surface area contributed by atoms with Gasteiger partial charge in [0.2, 0.25) is 17.8 Å². The summed E-state index contributed by atoms with van der Waals surface area (Å²) in [6.07, 6.45) is 0.523. The lowest BCUT2D eigenvalue weighted by Crippen LogP contribution is -2.40. The monoisotopic (exact) mass is 257 g/mol. The van der Waals surface area contributed by atoms with Crippen LogP contribution < -0.4 is 0 Å². The lowest BCUT2D eigenvalue weighted by Gasteiger charge is -2.22. The molecule has 0 N–H and O–H groups in total. The molecule has 2 heterocycles. The van der Waals surface area contributed by atoms with Gasteiger partial charge in [0.15, 0.2) is 0 Å². The molecule has 0 saturated carbocycles. The molecule has 0 amide bonds. The van der Waals surface area contributed by atoms with Gasteiger partial charge in [-0.05, 0) is 12.1 Å². The lowest BCUT2D eigenvalue weighted by atomic mass is 10.0. The number of aliphatic imine (C=N–C) groups is 1. The molecule has 1 unspecified atom stereocenters. The number of fused-ring (bicyclic) bond motifs is 2. The van der Waals surface area contributed by atoms with Gasteiger partial charge in [0.25, 0.3) is 0 Å². The first-order valence-corrected chi connectivity index (χ1v) is 5.47. The van der Waals surface area contributed by atoms with E-state index < -0.39 is 23.8 Å². The Labute approximate surface area is 107 Å². The Morgan fingerprint density at radius 2 is 1.74 bits per heavy atom. The fourth-order valence-electron chi connectivity index (χ4n) is 1.82. The Bertz CT molecular complexity index is 659. The zero-order valence-corrected chi connectivity index (χ0v) is 9.53. The van der Waals surface area contributed by atoms with Crippen molar-refractivity contribution in [2.75, 3.05) is 0 Å². The van der Waals surface area contributed by atoms with E-state index in [2.05, 4.69) is 4.99 Å². The maximum Gasteiger partial charge on any atom is 0.337 e. The Kier molecular flexibility index (Phi) is 2.49. The van der Waals surface area contributed by atoms with Crippen molar-refractivity contribution < 1.29 is 23.9 Å². The standard InChI is InChI=1S/C13H7NO5/c15-9-5-6-10(16)19-13-12(18-9)11(17)7-3-1-2-4-8(7)14-13/h1-6,12H/b6-5-. The van der Waals surface area contributed by atoms with Gasteiger partial charge < -0.3 is 9.47 Å². The van der Waals surface area contributed by atoms with E-state index in [1.54, 1.807) is 24.3 Å². The molecule has 1 atom stereocenters. The minimum absolute atomic E-state index is 0.216. The van der Waals surface area contributed by atoms with Crippen molar-refractivity contribution in [1.29, 1.82) is 0 Å². The number of nitrogens with zero attached hydrogens (tertiary/aromatic N) is 1. The topological polar surface area (TPSA) is 82.0 Å². The Morgan fingerprint density at radius 1 is 1.00 bits per heavy atom. The van der Waals surface area contributed by atoms with Crippen molar-refractivity contribution in [2.45, 2.75) is 6.10 Å². The van der Waals surface area contributed by atoms with Crippen LogP contribution in [0.25, 0.3) is 0 Å². The third kappa shape index (κ3) is 1.93. The van der Waals surface area contributed by atoms with Crippen LogP contribution in [-0.2, 0) is 19.1 Å². The van der Waals surface area contributed by atoms with Crippen LogP contribution in [0.3, 0.4) is 0 Å². The first-order chi connectivity index (χ1) is 9.15. The minimum Gasteiger partial charge on any atom is -0.441 e. The average Bonchev–Trinajstić information content (AvgIpc) is 2.39. The van der Waals surface area contributed by atoms with E-state index in [1.807, 2.05) is 0 Å². The van der Waals surface area contributed by atoms with Gasteiger partial charge in [-0.25, -0.2) is 14.6 Å². The molecule has 1 aromatic carbocycles. The summed E-state index contributed by atoms with van der Waals surface area (Å²) in [7, 11) is 0. The zero-order valence-electron chi connectivity index (χ0n) is 9.53. The molecule has 2 aliphatic heterocycles. The molecule has 0 spiro atoms. The molecule has 0 radical (unpaired) electrons. The minimum atomic E-state index is -1.31. The molecule has 1 aromatic rings. The number of para-hydroxylation sites is 1. The second-order valence-corrected chi connectivity index (χ2v) is 3.90. The van der Waals surface area contributed by atoms with Gasteiger partial charge in [-0.2, -0.15) is 0 Å². The third-order valence-electron chi connectivity index (χ3n) is 2.66. The van der Waals surface area contributed by atoms with Crippen molar-refractivity contribution in [3.8, 4) is 0 Å². The second-order valence-electron chi connectivity index (χ2n) is 3.90. The summed E-state index contributed by atoms with van der Waals surface area (Å²) in [5.41, 5.74) is 0.705. The summed E-state index contributed by atoms with van der Waals surface area (Å²) in [5.74, 6) is -2.24. The first-order valence-electron chi connectivity index (χ1n) is 5.47. The molecule has 0 aromatic heterocycles. The van der Waals surface area contributed by atoms with Gasteiger partial charge in [0.05, 0.1) is 5.69 Å². The highest BCUT2D eigenvalue weighted by Gasteiger charge is 2.37. The largest absolute Gasteiger partial charge is 0.441 e. The Balaban J connectivity index is 2.12. The molecule has 3 rings (SSSR count). The normalized spacial score (nSPS) is 23.1. The molecule has 0 fully saturated rings. The highest BCUT2D eigenvalue weighted by molar-refractivity contribution is 6.21. The van der Waals surface area contributed by atoms with Crippen LogP contribution in [0.5, 0.6) is 0 Å². The van der Waals surface area contributed by atoms with Crippen molar-refractivity contribution in [3.05, 3.63) is 42.0 Å². The van der Waals surface area contributed by atoms with Crippen LogP contribution >= 0.6 is 0 Å². The van der Waals surface area contributed by atoms with E-state index in [1.165, 1.54) is 0 Å². The summed E-state index contributed by atoms with van der Waals surface area (Å²) >= 11 is 0. The number of ether oxygens (including phenoxy) is 2. The number of carbonyl (C=O) groups excluding carboxylic acids is 3. The number of esters is 2. The van der Waals surface area contributed by atoms with Gasteiger partial charge >= 0.3 is 11.9 Å². The number of rotatable bonds is 0. The van der Waals surface area contributed by atoms with Crippen molar-refractivity contribution in [1.82, 2.24) is 0 Å². The molecule has 0 bridgehead atoms. The summed E-state index contributed by atoms with van der Waals surface area (Å²) in [5, 5.41) is 0. The maximum atomic E-state index is 12.2. The molecular weight excluding hydrogens is 250 g/mol. The molecule has 94 valence electrons. The second kappa shape index (κ2) is 4.16. The number of benzene rings is 1. The van der Waals surface area contributed by atoms with Crippen molar-refractivity contribution >= 4 is 29.3 Å². The fourth-order valence-corrected chi connectivity index (χ4v) is 1.82. The van der Waals surface area contributed by atoms with E-state index in [4.69, 9.17) is 9.47 Å². The molecule has 0 saturated heterocycles. The number of carbonyl (C=O) groups is 3. The summed E-state index contributed by atoms with van der Waals surface area (Å²) in [6, 6.07) is 6.56. The smallest absolute Gasteiger partial charge is 0.337 e. The summed E-state index contributed by atoms with van der Waals surface area (Å²) in [6.45, 7) is 0. The van der Waals surface area contributed by atoms with Gasteiger partial charge in [-0.15, -0.1) is 0 Å². The van der Waals surface area contributed by atoms with Crippen LogP contribution in [-0.4, -0.2) is 29.7 Å². The highest BCUT2D eigenvalue weighted by Crippen LogP contribution is 2.27. The van der Waals surface area contributed by atoms with E-state index in [9.17, 15) is 14.4 Å². The third-order valence-corrected chi connectivity index (χ3v) is 2.66. The van der Waals surface area contributed by atoms with Crippen LogP contribution in [0.15, 0.2) is 41.4 Å². The lowest BCUT2D eigenvalue weighted by molar-refractivity contribution is -0.142. The fraction of sp³-hybridized carbons (Fsp3) is 0.0769. The molecule has 6 heteroatoms. The molecule has 6 nitrogen and oxygen atoms in total. The highest BCUT2D eigenvalue weighted by atomic mass is 16.6. The van der Waals surface area contributed by atoms with Gasteiger partial charge in [-0.1, -0.05) is 12.1 Å². The molecule has 2 aliphatic rings. The zero-order chi connectivity index (χ0) is 13.4. The quantitative estimate of drug-likeness (QED) is 0.646. The number of Topliss-reactive ketones (excluding diaryl/α,β-unsaturated/α-hetero) is 1. The summed E-state index contributed by atoms with van der Waals surface area (Å²) in [4.78, 5) is 39.0. The predicted octanol–water partition coefficient (Wildman–Crippen LogP) is 0.938. The van der Waals surface area contributed by atoms with Gasteiger partial charge in [0.1, 0.15) is 0 Å². The SMILES string of the molecule is O=C1/C=C\C(=O)OC2C(=O)c3ccccc3N=C2O1. The van der Waals surface area contributed by atoms with E-state index in [0.29, 0.717) is 11.3 Å². The number of hydrogen-bond donors (Lipinski definition) is 0. The van der Waals surface area contributed by atoms with Crippen LogP contribution in [0.4, 0.5) is 5.69 Å². The van der Waals surface area contributed by atoms with E-state index >= 15 is 0 Å². The summed E-state index contributed by atoms with van der Waals surface area (Å²) < 4.78 is 9.83. The Morgan fingerprint density at radius 3 is 2.58 bits per heavy atom. The average molecular weight is 257 g/mol. The van der Waals surface area contributed by atoms with Crippen LogP contribution in [0.2, 0.25) is 0 Å². The predicted molar refractivity (Wildman–Crippen MR) is 63.0 cm³/mol. The maximum absolute atomic E-state index is 12.2.